The molecule has 226 valence electrons. The molecule has 1 saturated heterocycles. The van der Waals surface area contributed by atoms with Crippen LogP contribution in [0.3, 0.4) is 0 Å². The number of nitrogens with zero attached hydrogens (tertiary/aromatic N) is 4. The fourth-order valence-electron chi connectivity index (χ4n) is 6.39. The number of amides is 2. The molecule has 2 atom stereocenters. The molecule has 3 heterocycles. The third-order valence-electron chi connectivity index (χ3n) is 8.48. The Morgan fingerprint density at radius 2 is 1.88 bits per heavy atom. The minimum absolute atomic E-state index is 0.111. The van der Waals surface area contributed by atoms with E-state index in [9.17, 15) is 14.7 Å². The summed E-state index contributed by atoms with van der Waals surface area (Å²) in [5.41, 5.74) is 2.00. The SMILES string of the molecule is C=NC1=C(C=CC)C2(CC(=CC)/C(=C\C(C)=NC(O)CN3C(=O)C4(CCOCC4)N=C3c3c(Cl)cccc3Cl)C2)C(=O)N1. The van der Waals surface area contributed by atoms with Crippen LogP contribution in [0.2, 0.25) is 10.0 Å². The summed E-state index contributed by atoms with van der Waals surface area (Å²) in [5, 5.41) is 14.7. The molecule has 0 radical (unpaired) electrons. The zero-order valence-corrected chi connectivity index (χ0v) is 26.0. The van der Waals surface area contributed by atoms with E-state index in [0.717, 1.165) is 16.7 Å². The monoisotopic (exact) mass is 623 g/mol. The summed E-state index contributed by atoms with van der Waals surface area (Å²) in [6.07, 6.45) is 8.25. The first-order valence-corrected chi connectivity index (χ1v) is 15.0. The van der Waals surface area contributed by atoms with Gasteiger partial charge in [0.05, 0.1) is 27.6 Å². The minimum atomic E-state index is -1.25. The molecule has 5 rings (SSSR count). The van der Waals surface area contributed by atoms with Crippen LogP contribution >= 0.6 is 23.2 Å². The molecule has 0 aromatic heterocycles. The van der Waals surface area contributed by atoms with Crippen molar-refractivity contribution in [3.8, 4) is 0 Å². The second kappa shape index (κ2) is 12.3. The van der Waals surface area contributed by atoms with Gasteiger partial charge >= 0.3 is 0 Å². The second-order valence-electron chi connectivity index (χ2n) is 11.1. The fraction of sp³-hybridized carbons (Fsp3) is 0.406. The van der Waals surface area contributed by atoms with Crippen molar-refractivity contribution in [1.29, 1.82) is 0 Å². The first-order chi connectivity index (χ1) is 20.6. The number of amidine groups is 1. The fourth-order valence-corrected chi connectivity index (χ4v) is 6.96. The largest absolute Gasteiger partial charge is 0.381 e. The van der Waals surface area contributed by atoms with Crippen molar-refractivity contribution >= 4 is 53.3 Å². The molecule has 11 heteroatoms. The van der Waals surface area contributed by atoms with Crippen molar-refractivity contribution in [2.24, 2.45) is 20.4 Å². The van der Waals surface area contributed by atoms with Crippen molar-refractivity contribution in [1.82, 2.24) is 10.2 Å². The second-order valence-corrected chi connectivity index (χ2v) is 12.0. The normalized spacial score (nSPS) is 26.5. The Kier molecular flexibility index (Phi) is 8.90. The molecule has 4 aliphatic rings. The van der Waals surface area contributed by atoms with Crippen LogP contribution in [0.15, 0.2) is 80.0 Å². The average Bonchev–Trinajstić information content (AvgIpc) is 3.55. The molecule has 2 fully saturated rings. The van der Waals surface area contributed by atoms with Gasteiger partial charge in [-0.05, 0) is 69.7 Å². The highest BCUT2D eigenvalue weighted by atomic mass is 35.5. The maximum Gasteiger partial charge on any atom is 0.256 e. The molecule has 2 unspecified atom stereocenters. The van der Waals surface area contributed by atoms with E-state index < -0.39 is 17.2 Å². The number of hydrogen-bond acceptors (Lipinski definition) is 7. The highest BCUT2D eigenvalue weighted by Crippen LogP contribution is 2.53. The van der Waals surface area contributed by atoms with Crippen molar-refractivity contribution < 1.29 is 19.4 Å². The van der Waals surface area contributed by atoms with Crippen LogP contribution in [0.4, 0.5) is 0 Å². The van der Waals surface area contributed by atoms with E-state index in [1.807, 2.05) is 38.2 Å². The summed E-state index contributed by atoms with van der Waals surface area (Å²) in [6, 6.07) is 5.11. The highest BCUT2D eigenvalue weighted by Gasteiger charge is 2.53. The topological polar surface area (TPSA) is 116 Å². The lowest BCUT2D eigenvalue weighted by molar-refractivity contribution is -0.135. The van der Waals surface area contributed by atoms with Gasteiger partial charge in [0.25, 0.3) is 5.91 Å². The first-order valence-electron chi connectivity index (χ1n) is 14.3. The van der Waals surface area contributed by atoms with Gasteiger partial charge in [-0.15, -0.1) is 0 Å². The van der Waals surface area contributed by atoms with Crippen LogP contribution in [0, 0.1) is 5.41 Å². The standard InChI is InChI=1S/C32H35Cl2N5O4/c1-5-8-22-27(35-4)37-29(41)31(22)16-20(6-2)21(17-31)15-19(3)36-25(40)18-39-28(26-23(33)9-7-10-24(26)34)38-32(30(39)42)11-13-43-14-12-32/h5-10,15,25,40H,4,11-14,16-18H2,1-3H3,(H,37,41)/b8-5?,20-6?,21-15-,36-19?. The molecule has 43 heavy (non-hydrogen) atoms. The smallest absolute Gasteiger partial charge is 0.256 e. The predicted molar refractivity (Wildman–Crippen MR) is 170 cm³/mol. The van der Waals surface area contributed by atoms with Crippen LogP contribution in [-0.4, -0.2) is 71.6 Å². The molecule has 2 N–H and O–H groups in total. The Balaban J connectivity index is 1.42. The number of aliphatic hydroxyl groups is 1. The lowest BCUT2D eigenvalue weighted by atomic mass is 9.79. The Labute approximate surface area is 261 Å². The van der Waals surface area contributed by atoms with Gasteiger partial charge in [-0.2, -0.15) is 0 Å². The van der Waals surface area contributed by atoms with E-state index in [1.54, 1.807) is 25.1 Å². The maximum absolute atomic E-state index is 13.8. The summed E-state index contributed by atoms with van der Waals surface area (Å²) in [6.45, 7) is 9.92. The maximum atomic E-state index is 13.8. The lowest BCUT2D eigenvalue weighted by Gasteiger charge is -2.30. The Hall–Kier alpha value is -3.37. The molecule has 1 aliphatic carbocycles. The third-order valence-corrected chi connectivity index (χ3v) is 9.11. The number of hydrogen-bond donors (Lipinski definition) is 2. The molecule has 1 saturated carbocycles. The molecule has 3 aliphatic heterocycles. The van der Waals surface area contributed by atoms with E-state index in [4.69, 9.17) is 32.9 Å². The van der Waals surface area contributed by atoms with Crippen LogP contribution in [0.1, 0.15) is 52.0 Å². The number of carbonyl (C=O) groups excluding carboxylic acids is 2. The molecular formula is C32H35Cl2N5O4. The molecule has 0 bridgehead atoms. The Morgan fingerprint density at radius 1 is 1.21 bits per heavy atom. The average molecular weight is 625 g/mol. The summed E-state index contributed by atoms with van der Waals surface area (Å²) in [5.74, 6) is 0.460. The molecule has 9 nitrogen and oxygen atoms in total. The van der Waals surface area contributed by atoms with Crippen molar-refractivity contribution in [2.45, 2.75) is 58.2 Å². The minimum Gasteiger partial charge on any atom is -0.381 e. The first kappa shape index (κ1) is 31.1. The van der Waals surface area contributed by atoms with E-state index >= 15 is 0 Å². The number of rotatable bonds is 7. The number of carbonyl (C=O) groups is 2. The molecule has 1 aromatic carbocycles. The van der Waals surface area contributed by atoms with Gasteiger partial charge < -0.3 is 15.2 Å². The van der Waals surface area contributed by atoms with Gasteiger partial charge in [0.1, 0.15) is 17.2 Å². The number of halogens is 2. The number of benzene rings is 1. The van der Waals surface area contributed by atoms with Gasteiger partial charge in [0.2, 0.25) is 5.91 Å². The highest BCUT2D eigenvalue weighted by molar-refractivity contribution is 6.41. The number of ether oxygens (including phenoxy) is 1. The Morgan fingerprint density at radius 3 is 2.51 bits per heavy atom. The van der Waals surface area contributed by atoms with Crippen LogP contribution in [0.5, 0.6) is 0 Å². The van der Waals surface area contributed by atoms with Gasteiger partial charge in [0.15, 0.2) is 6.23 Å². The van der Waals surface area contributed by atoms with Gasteiger partial charge in [-0.3, -0.25) is 24.5 Å². The summed E-state index contributed by atoms with van der Waals surface area (Å²) in [7, 11) is 0. The number of nitrogens with one attached hydrogen (secondary N) is 1. The quantitative estimate of drug-likeness (QED) is 0.407. The van der Waals surface area contributed by atoms with Gasteiger partial charge in [-0.1, -0.05) is 47.5 Å². The lowest BCUT2D eigenvalue weighted by Crippen LogP contribution is -2.48. The van der Waals surface area contributed by atoms with E-state index in [1.165, 1.54) is 4.90 Å². The summed E-state index contributed by atoms with van der Waals surface area (Å²) < 4.78 is 5.50. The van der Waals surface area contributed by atoms with Crippen LogP contribution in [0.25, 0.3) is 0 Å². The Bertz CT molecular complexity index is 1530. The van der Waals surface area contributed by atoms with Crippen LogP contribution in [-0.2, 0) is 14.3 Å². The summed E-state index contributed by atoms with van der Waals surface area (Å²) >= 11 is 13.1. The zero-order chi connectivity index (χ0) is 30.9. The molecular weight excluding hydrogens is 589 g/mol. The van der Waals surface area contributed by atoms with Gasteiger partial charge in [-0.25, -0.2) is 4.99 Å². The van der Waals surface area contributed by atoms with Crippen molar-refractivity contribution in [3.63, 3.8) is 0 Å². The van der Waals surface area contributed by atoms with Crippen molar-refractivity contribution in [2.75, 3.05) is 19.8 Å². The van der Waals surface area contributed by atoms with Crippen LogP contribution < -0.4 is 5.32 Å². The third kappa shape index (κ3) is 5.55. The van der Waals surface area contributed by atoms with E-state index in [-0.39, 0.29) is 18.4 Å². The van der Waals surface area contributed by atoms with E-state index in [2.05, 4.69) is 22.0 Å². The molecule has 2 spiro atoms. The van der Waals surface area contributed by atoms with Gasteiger partial charge in [0, 0.05) is 37.3 Å². The number of β-amino-alcohol motifs (C(OH)–C–C–N with tert-alkyl or cyclic N) is 1. The molecule has 2 amide bonds. The predicted octanol–water partition coefficient (Wildman–Crippen LogP) is 5.18. The number of aliphatic imine (C=N–C) groups is 3. The number of aliphatic hydroxyl groups excluding tert-OH is 1. The zero-order valence-electron chi connectivity index (χ0n) is 24.5. The summed E-state index contributed by atoms with van der Waals surface area (Å²) in [4.78, 5) is 41.9. The number of allylic oxidation sites excluding steroid dienone is 6. The molecule has 1 aromatic rings. The van der Waals surface area contributed by atoms with E-state index in [0.29, 0.717) is 71.9 Å². The van der Waals surface area contributed by atoms with Crippen molar-refractivity contribution in [3.05, 3.63) is 80.7 Å².